The van der Waals surface area contributed by atoms with E-state index in [2.05, 4.69) is 0 Å². The smallest absolute Gasteiger partial charge is 0.480 e. The van der Waals surface area contributed by atoms with Crippen LogP contribution in [-0.2, 0) is 23.8 Å². The summed E-state index contributed by atoms with van der Waals surface area (Å²) in [6.45, 7) is 13.5. The minimum Gasteiger partial charge on any atom is -0.480 e. The predicted octanol–water partition coefficient (Wildman–Crippen LogP) is 5.32. The summed E-state index contributed by atoms with van der Waals surface area (Å²) in [5, 5.41) is 9.62. The highest BCUT2D eigenvalue weighted by Crippen LogP contribution is 2.35. The van der Waals surface area contributed by atoms with Crippen molar-refractivity contribution >= 4 is 24.2 Å². The van der Waals surface area contributed by atoms with Gasteiger partial charge in [-0.2, -0.15) is 0 Å². The van der Waals surface area contributed by atoms with Crippen LogP contribution in [0.25, 0.3) is 0 Å². The third-order valence-corrected chi connectivity index (χ3v) is 4.93. The van der Waals surface area contributed by atoms with Crippen LogP contribution in [0.1, 0.15) is 92.6 Å². The minimum atomic E-state index is -1.38. The Morgan fingerprint density at radius 3 is 1.92 bits per heavy atom. The summed E-state index contributed by atoms with van der Waals surface area (Å²) in [6, 6.07) is 2.78. The average Bonchev–Trinajstić information content (AvgIpc) is 2.74. The summed E-state index contributed by atoms with van der Waals surface area (Å²) < 4.78 is 26.4. The van der Waals surface area contributed by atoms with Crippen LogP contribution in [0.15, 0.2) is 18.2 Å². The maximum absolute atomic E-state index is 12.4. The summed E-state index contributed by atoms with van der Waals surface area (Å²) in [4.78, 5) is 48.6. The maximum Gasteiger partial charge on any atom is 0.514 e. The van der Waals surface area contributed by atoms with E-state index in [0.717, 1.165) is 6.42 Å². The number of ether oxygens (including phenoxy) is 5. The Bertz CT molecular complexity index is 977. The van der Waals surface area contributed by atoms with Crippen molar-refractivity contribution in [3.05, 3.63) is 23.8 Å². The molecule has 0 saturated heterocycles. The fraction of sp³-hybridized carbons (Fsp3) is 0.630. The summed E-state index contributed by atoms with van der Waals surface area (Å²) in [5.74, 6) is -2.88. The highest BCUT2D eigenvalue weighted by atomic mass is 16.8. The minimum absolute atomic E-state index is 0.0729. The maximum atomic E-state index is 12.4. The van der Waals surface area contributed by atoms with E-state index in [-0.39, 0.29) is 24.3 Å². The summed E-state index contributed by atoms with van der Waals surface area (Å²) >= 11 is 0. The van der Waals surface area contributed by atoms with Gasteiger partial charge in [0, 0.05) is 12.3 Å². The van der Waals surface area contributed by atoms with Gasteiger partial charge in [0.2, 0.25) is 0 Å². The molecule has 0 aliphatic rings. The molecule has 0 aromatic heterocycles. The predicted molar refractivity (Wildman–Crippen MR) is 138 cm³/mol. The Morgan fingerprint density at radius 1 is 0.921 bits per heavy atom. The van der Waals surface area contributed by atoms with Gasteiger partial charge in [0.15, 0.2) is 11.5 Å². The van der Waals surface area contributed by atoms with Crippen LogP contribution in [0, 0.1) is 0 Å². The molecule has 2 unspecified atom stereocenters. The molecule has 0 bridgehead atoms. The van der Waals surface area contributed by atoms with Crippen molar-refractivity contribution in [2.24, 2.45) is 5.73 Å². The number of nitrogens with two attached hydrogens (primary N) is 1. The van der Waals surface area contributed by atoms with Crippen molar-refractivity contribution in [3.63, 3.8) is 0 Å². The lowest BCUT2D eigenvalue weighted by atomic mass is 9.87. The number of aliphatic carboxylic acids is 1. The number of carboxylic acid groups (broad SMARTS) is 1. The van der Waals surface area contributed by atoms with E-state index in [1.807, 2.05) is 6.92 Å². The standard InChI is InChI=1S/C27H41NO10/c1-9-10-11-21(29)34-16(2)14-18(22(28)23(30)31)17-12-13-19(35-24(32)37-26(3,4)5)20(15-17)36-25(33)38-27(6,7)8/h12-13,15-16,18,22H,9-11,14,28H2,1-8H3,(H,30,31)/t16?,18?,22-/m0/s1. The van der Waals surface area contributed by atoms with E-state index in [1.165, 1.54) is 18.2 Å². The highest BCUT2D eigenvalue weighted by molar-refractivity contribution is 5.75. The largest absolute Gasteiger partial charge is 0.514 e. The van der Waals surface area contributed by atoms with Gasteiger partial charge in [0.1, 0.15) is 17.2 Å². The molecular weight excluding hydrogens is 498 g/mol. The number of esters is 1. The van der Waals surface area contributed by atoms with Crippen molar-refractivity contribution in [1.29, 1.82) is 0 Å². The molecule has 0 radical (unpaired) electrons. The summed E-state index contributed by atoms with van der Waals surface area (Å²) in [7, 11) is 0. The molecule has 0 aliphatic heterocycles. The number of hydrogen-bond acceptors (Lipinski definition) is 10. The highest BCUT2D eigenvalue weighted by Gasteiger charge is 2.31. The molecular formula is C27H41NO10. The second-order valence-electron chi connectivity index (χ2n) is 10.9. The van der Waals surface area contributed by atoms with Gasteiger partial charge in [-0.1, -0.05) is 19.4 Å². The van der Waals surface area contributed by atoms with Crippen LogP contribution in [0.4, 0.5) is 9.59 Å². The van der Waals surface area contributed by atoms with E-state index in [4.69, 9.17) is 29.4 Å². The molecule has 11 heteroatoms. The number of rotatable bonds is 11. The molecule has 214 valence electrons. The zero-order chi connectivity index (χ0) is 29.3. The van der Waals surface area contributed by atoms with Gasteiger partial charge >= 0.3 is 24.2 Å². The number of carbonyl (C=O) groups is 4. The third-order valence-electron chi connectivity index (χ3n) is 4.93. The van der Waals surface area contributed by atoms with Crippen LogP contribution >= 0.6 is 0 Å². The van der Waals surface area contributed by atoms with Crippen LogP contribution in [0.2, 0.25) is 0 Å². The molecule has 0 saturated carbocycles. The lowest BCUT2D eigenvalue weighted by molar-refractivity contribution is -0.149. The van der Waals surface area contributed by atoms with Crippen LogP contribution in [-0.4, -0.2) is 52.7 Å². The molecule has 0 fully saturated rings. The topological polar surface area (TPSA) is 161 Å². The SMILES string of the molecule is CCCCC(=O)OC(C)CC(c1ccc(OC(=O)OC(C)(C)C)c(OC(=O)OC(C)(C)C)c1)[C@H](N)C(=O)O. The Kier molecular flexibility index (Phi) is 12.0. The molecule has 1 rings (SSSR count). The number of carbonyl (C=O) groups excluding carboxylic acids is 3. The molecule has 0 amide bonds. The van der Waals surface area contributed by atoms with Gasteiger partial charge < -0.3 is 34.5 Å². The molecule has 0 spiro atoms. The van der Waals surface area contributed by atoms with Gasteiger partial charge in [-0.3, -0.25) is 9.59 Å². The normalized spacial score (nSPS) is 14.0. The quantitative estimate of drug-likeness (QED) is 0.213. The van der Waals surface area contributed by atoms with Gasteiger partial charge in [-0.05, 0) is 79.0 Å². The van der Waals surface area contributed by atoms with Gasteiger partial charge in [-0.25, -0.2) is 9.59 Å². The molecule has 1 aromatic rings. The zero-order valence-electron chi connectivity index (χ0n) is 23.5. The molecule has 3 N–H and O–H groups in total. The number of unbranched alkanes of at least 4 members (excludes halogenated alkanes) is 1. The lowest BCUT2D eigenvalue weighted by Gasteiger charge is -2.26. The van der Waals surface area contributed by atoms with Gasteiger partial charge in [-0.15, -0.1) is 0 Å². The molecule has 38 heavy (non-hydrogen) atoms. The Balaban J connectivity index is 3.36. The molecule has 0 heterocycles. The van der Waals surface area contributed by atoms with E-state index in [1.54, 1.807) is 48.5 Å². The fourth-order valence-corrected chi connectivity index (χ4v) is 3.31. The van der Waals surface area contributed by atoms with Crippen molar-refractivity contribution in [2.45, 2.75) is 110 Å². The molecule has 3 atom stereocenters. The number of benzene rings is 1. The number of hydrogen-bond donors (Lipinski definition) is 2. The lowest BCUT2D eigenvalue weighted by Crippen LogP contribution is -2.38. The summed E-state index contributed by atoms with van der Waals surface area (Å²) in [6.07, 6.45) is -0.929. The first kappa shape index (κ1) is 32.7. The average molecular weight is 540 g/mol. The van der Waals surface area contributed by atoms with Crippen molar-refractivity contribution in [3.8, 4) is 11.5 Å². The van der Waals surface area contributed by atoms with Crippen molar-refractivity contribution in [2.75, 3.05) is 0 Å². The fourth-order valence-electron chi connectivity index (χ4n) is 3.31. The van der Waals surface area contributed by atoms with E-state index in [9.17, 15) is 24.3 Å². The first-order valence-corrected chi connectivity index (χ1v) is 12.5. The third kappa shape index (κ3) is 12.3. The second kappa shape index (κ2) is 14.0. The monoisotopic (exact) mass is 539 g/mol. The molecule has 0 aliphatic carbocycles. The summed E-state index contributed by atoms with van der Waals surface area (Å²) in [5.41, 5.74) is 4.64. The van der Waals surface area contributed by atoms with E-state index >= 15 is 0 Å². The van der Waals surface area contributed by atoms with Crippen LogP contribution < -0.4 is 15.2 Å². The Hall–Kier alpha value is -3.34. The van der Waals surface area contributed by atoms with Crippen LogP contribution in [0.5, 0.6) is 11.5 Å². The van der Waals surface area contributed by atoms with Gasteiger partial charge in [0.25, 0.3) is 0 Å². The zero-order valence-corrected chi connectivity index (χ0v) is 23.5. The molecule has 1 aromatic carbocycles. The first-order chi connectivity index (χ1) is 17.4. The number of carboxylic acids is 1. The Morgan fingerprint density at radius 2 is 1.45 bits per heavy atom. The van der Waals surface area contributed by atoms with Crippen molar-refractivity contribution < 1.29 is 48.0 Å². The Labute approximate surface area is 223 Å². The molecule has 11 nitrogen and oxygen atoms in total. The first-order valence-electron chi connectivity index (χ1n) is 12.5. The van der Waals surface area contributed by atoms with E-state index < -0.39 is 53.5 Å². The van der Waals surface area contributed by atoms with Crippen LogP contribution in [0.3, 0.4) is 0 Å². The van der Waals surface area contributed by atoms with Gasteiger partial charge in [0.05, 0.1) is 6.10 Å². The van der Waals surface area contributed by atoms with E-state index in [0.29, 0.717) is 12.0 Å². The van der Waals surface area contributed by atoms with Crippen molar-refractivity contribution in [1.82, 2.24) is 0 Å². The second-order valence-corrected chi connectivity index (χ2v) is 10.9.